The fourth-order valence-electron chi connectivity index (χ4n) is 2.13. The number of halogens is 1. The van der Waals surface area contributed by atoms with Crippen molar-refractivity contribution in [1.29, 1.82) is 0 Å². The van der Waals surface area contributed by atoms with Gasteiger partial charge in [0.2, 0.25) is 0 Å². The number of ether oxygens (including phenoxy) is 2. The third kappa shape index (κ3) is 4.09. The van der Waals surface area contributed by atoms with Gasteiger partial charge < -0.3 is 14.8 Å². The Labute approximate surface area is 127 Å². The largest absolute Gasteiger partial charge is 0.496 e. The van der Waals surface area contributed by atoms with Gasteiger partial charge in [-0.1, -0.05) is 0 Å². The van der Waals surface area contributed by atoms with E-state index in [1.165, 1.54) is 25.3 Å². The van der Waals surface area contributed by atoms with Crippen LogP contribution in [0, 0.1) is 0 Å². The van der Waals surface area contributed by atoms with Crippen LogP contribution in [-0.4, -0.2) is 40.7 Å². The first kappa shape index (κ1) is 16.1. The van der Waals surface area contributed by atoms with Gasteiger partial charge in [-0.3, -0.25) is 4.79 Å². The fourth-order valence-corrected chi connectivity index (χ4v) is 2.91. The van der Waals surface area contributed by atoms with Crippen LogP contribution in [0.4, 0.5) is 0 Å². The Hall–Kier alpha value is -1.31. The topological polar surface area (TPSA) is 81.7 Å². The highest BCUT2D eigenvalue weighted by molar-refractivity contribution is 8.13. The Bertz CT molecular complexity index is 625. The zero-order chi connectivity index (χ0) is 15.5. The minimum absolute atomic E-state index is 0.0905. The second-order valence-electron chi connectivity index (χ2n) is 4.69. The predicted octanol–water partition coefficient (Wildman–Crippen LogP) is 1.53. The molecule has 0 radical (unpaired) electrons. The summed E-state index contributed by atoms with van der Waals surface area (Å²) in [6.07, 6.45) is 1.69. The molecule has 0 aliphatic carbocycles. The van der Waals surface area contributed by atoms with Crippen LogP contribution in [0.3, 0.4) is 0 Å². The third-order valence-electron chi connectivity index (χ3n) is 3.19. The van der Waals surface area contributed by atoms with Crippen molar-refractivity contribution in [2.75, 3.05) is 20.3 Å². The van der Waals surface area contributed by atoms with Crippen LogP contribution in [-0.2, 0) is 13.8 Å². The van der Waals surface area contributed by atoms with Crippen molar-refractivity contribution in [2.24, 2.45) is 0 Å². The third-order valence-corrected chi connectivity index (χ3v) is 4.54. The summed E-state index contributed by atoms with van der Waals surface area (Å²) >= 11 is 0. The molecular formula is C13H16ClNO5S. The van der Waals surface area contributed by atoms with Gasteiger partial charge in [0.1, 0.15) is 5.75 Å². The second-order valence-corrected chi connectivity index (χ2v) is 7.25. The predicted molar refractivity (Wildman–Crippen MR) is 77.3 cm³/mol. The molecule has 1 aliphatic heterocycles. The number of hydrogen-bond donors (Lipinski definition) is 1. The van der Waals surface area contributed by atoms with E-state index in [-0.39, 0.29) is 22.3 Å². The van der Waals surface area contributed by atoms with E-state index in [0.29, 0.717) is 13.2 Å². The van der Waals surface area contributed by atoms with Crippen LogP contribution >= 0.6 is 10.7 Å². The number of carbonyl (C=O) groups excluding carboxylic acids is 1. The van der Waals surface area contributed by atoms with Crippen LogP contribution in [0.1, 0.15) is 23.2 Å². The van der Waals surface area contributed by atoms with Crippen LogP contribution in [0.5, 0.6) is 5.75 Å². The summed E-state index contributed by atoms with van der Waals surface area (Å²) in [4.78, 5) is 12.1. The number of rotatable bonds is 4. The smallest absolute Gasteiger partial charge is 0.261 e. The van der Waals surface area contributed by atoms with Gasteiger partial charge in [-0.15, -0.1) is 0 Å². The molecule has 1 aromatic rings. The van der Waals surface area contributed by atoms with E-state index in [1.807, 2.05) is 0 Å². The molecular weight excluding hydrogens is 318 g/mol. The first-order valence-corrected chi connectivity index (χ1v) is 8.74. The molecule has 0 spiro atoms. The van der Waals surface area contributed by atoms with Gasteiger partial charge in [-0.05, 0) is 31.0 Å². The van der Waals surface area contributed by atoms with Gasteiger partial charge in [0, 0.05) is 17.3 Å². The zero-order valence-corrected chi connectivity index (χ0v) is 13.0. The molecule has 0 bridgehead atoms. The van der Waals surface area contributed by atoms with Crippen molar-refractivity contribution in [3.8, 4) is 5.75 Å². The maximum Gasteiger partial charge on any atom is 0.261 e. The lowest BCUT2D eigenvalue weighted by molar-refractivity contribution is 0.0623. The van der Waals surface area contributed by atoms with Crippen molar-refractivity contribution in [3.63, 3.8) is 0 Å². The molecule has 1 aliphatic rings. The summed E-state index contributed by atoms with van der Waals surface area (Å²) < 4.78 is 33.1. The van der Waals surface area contributed by atoms with Gasteiger partial charge in [0.05, 0.1) is 30.2 Å². The summed E-state index contributed by atoms with van der Waals surface area (Å²) in [6.45, 7) is 1.14. The standard InChI is InChI=1S/C13H16ClNO5S/c1-19-12-5-4-10(21(14,17)18)7-11(12)13(16)15-9-3-2-6-20-8-9/h4-5,7,9H,2-3,6,8H2,1H3,(H,15,16). The first-order chi connectivity index (χ1) is 9.91. The van der Waals surface area contributed by atoms with Crippen LogP contribution < -0.4 is 10.1 Å². The maximum absolute atomic E-state index is 12.3. The lowest BCUT2D eigenvalue weighted by Gasteiger charge is -2.23. The highest BCUT2D eigenvalue weighted by Crippen LogP contribution is 2.24. The van der Waals surface area contributed by atoms with Crippen molar-refractivity contribution in [3.05, 3.63) is 23.8 Å². The summed E-state index contributed by atoms with van der Waals surface area (Å²) in [5.41, 5.74) is 0.129. The van der Waals surface area contributed by atoms with Crippen LogP contribution in [0.25, 0.3) is 0 Å². The minimum atomic E-state index is -3.90. The lowest BCUT2D eigenvalue weighted by Crippen LogP contribution is -2.40. The normalized spacial score (nSPS) is 19.0. The molecule has 21 heavy (non-hydrogen) atoms. The monoisotopic (exact) mass is 333 g/mol. The van der Waals surface area contributed by atoms with E-state index in [1.54, 1.807) is 0 Å². The van der Waals surface area contributed by atoms with E-state index in [9.17, 15) is 13.2 Å². The van der Waals surface area contributed by atoms with Gasteiger partial charge in [-0.25, -0.2) is 8.42 Å². The van der Waals surface area contributed by atoms with Crippen LogP contribution in [0.2, 0.25) is 0 Å². The van der Waals surface area contributed by atoms with E-state index in [2.05, 4.69) is 5.32 Å². The summed E-state index contributed by atoms with van der Waals surface area (Å²) in [7, 11) is 2.80. The van der Waals surface area contributed by atoms with Gasteiger partial charge in [0.25, 0.3) is 15.0 Å². The van der Waals surface area contributed by atoms with Crippen molar-refractivity contribution in [1.82, 2.24) is 5.32 Å². The molecule has 1 amide bonds. The molecule has 2 rings (SSSR count). The van der Waals surface area contributed by atoms with Crippen LogP contribution in [0.15, 0.2) is 23.1 Å². The van der Waals surface area contributed by atoms with E-state index in [4.69, 9.17) is 20.2 Å². The minimum Gasteiger partial charge on any atom is -0.496 e. The molecule has 1 N–H and O–H groups in total. The molecule has 1 fully saturated rings. The first-order valence-electron chi connectivity index (χ1n) is 6.43. The summed E-state index contributed by atoms with van der Waals surface area (Å²) in [5, 5.41) is 2.81. The highest BCUT2D eigenvalue weighted by atomic mass is 35.7. The van der Waals surface area contributed by atoms with Gasteiger partial charge in [0.15, 0.2) is 0 Å². The molecule has 1 unspecified atom stereocenters. The van der Waals surface area contributed by atoms with Crippen molar-refractivity contribution in [2.45, 2.75) is 23.8 Å². The molecule has 0 aromatic heterocycles. The summed E-state index contributed by atoms with van der Waals surface area (Å²) in [6, 6.07) is 3.82. The number of carbonyl (C=O) groups is 1. The van der Waals surface area contributed by atoms with Gasteiger partial charge in [-0.2, -0.15) is 0 Å². The van der Waals surface area contributed by atoms with Crippen molar-refractivity contribution < 1.29 is 22.7 Å². The average Bonchev–Trinajstić information content (AvgIpc) is 2.46. The number of amides is 1. The maximum atomic E-state index is 12.3. The molecule has 1 aromatic carbocycles. The zero-order valence-electron chi connectivity index (χ0n) is 11.5. The molecule has 1 heterocycles. The number of hydrogen-bond acceptors (Lipinski definition) is 5. The van der Waals surface area contributed by atoms with E-state index in [0.717, 1.165) is 12.8 Å². The molecule has 0 saturated carbocycles. The Morgan fingerprint density at radius 1 is 1.48 bits per heavy atom. The Morgan fingerprint density at radius 3 is 2.81 bits per heavy atom. The Kier molecular flexibility index (Phi) is 5.08. The molecule has 8 heteroatoms. The molecule has 6 nitrogen and oxygen atoms in total. The molecule has 1 atom stereocenters. The summed E-state index contributed by atoms with van der Waals surface area (Å²) in [5.74, 6) is -0.127. The average molecular weight is 334 g/mol. The van der Waals surface area contributed by atoms with E-state index >= 15 is 0 Å². The molecule has 116 valence electrons. The number of methoxy groups -OCH3 is 1. The van der Waals surface area contributed by atoms with Gasteiger partial charge >= 0.3 is 0 Å². The SMILES string of the molecule is COc1ccc(S(=O)(=O)Cl)cc1C(=O)NC1CCCOC1. The second kappa shape index (κ2) is 6.64. The lowest BCUT2D eigenvalue weighted by atomic mass is 10.1. The highest BCUT2D eigenvalue weighted by Gasteiger charge is 2.21. The Balaban J connectivity index is 2.25. The van der Waals surface area contributed by atoms with Crippen molar-refractivity contribution >= 4 is 25.6 Å². The molecule has 1 saturated heterocycles. The number of benzene rings is 1. The fraction of sp³-hybridized carbons (Fsp3) is 0.462. The quantitative estimate of drug-likeness (QED) is 0.845. The van der Waals surface area contributed by atoms with E-state index < -0.39 is 15.0 Å². The number of nitrogens with one attached hydrogen (secondary N) is 1. The Morgan fingerprint density at radius 2 is 2.24 bits per heavy atom.